The van der Waals surface area contributed by atoms with E-state index in [1.54, 1.807) is 24.2 Å². The van der Waals surface area contributed by atoms with E-state index in [2.05, 4.69) is 20.6 Å². The average Bonchev–Trinajstić information content (AvgIpc) is 3.00. The third-order valence-electron chi connectivity index (χ3n) is 9.41. The minimum Gasteiger partial charge on any atom is -0.392 e. The van der Waals surface area contributed by atoms with Crippen molar-refractivity contribution >= 4 is 23.5 Å². The highest BCUT2D eigenvalue weighted by Crippen LogP contribution is 2.55. The number of rotatable bonds is 8. The van der Waals surface area contributed by atoms with Gasteiger partial charge in [-0.1, -0.05) is 48.2 Å². The Kier molecular flexibility index (Phi) is 7.92. The molecule has 42 heavy (non-hydrogen) atoms. The van der Waals surface area contributed by atoms with Gasteiger partial charge in [0.2, 0.25) is 0 Å². The summed E-state index contributed by atoms with van der Waals surface area (Å²) < 4.78 is 12.9. The van der Waals surface area contributed by atoms with Gasteiger partial charge >= 0.3 is 6.03 Å². The van der Waals surface area contributed by atoms with Crippen molar-refractivity contribution in [2.24, 2.45) is 17.8 Å². The molecule has 1 saturated heterocycles. The van der Waals surface area contributed by atoms with Crippen LogP contribution >= 0.6 is 11.8 Å². The third-order valence-corrected chi connectivity index (χ3v) is 10.4. The number of hydrogen-bond acceptors (Lipinski definition) is 7. The highest BCUT2D eigenvalue weighted by molar-refractivity contribution is 7.99. The molecule has 3 aromatic rings. The number of benzene rings is 2. The number of anilines is 1. The second kappa shape index (κ2) is 12.0. The number of nitrogens with zero attached hydrogens (tertiary/aromatic N) is 2. The summed E-state index contributed by atoms with van der Waals surface area (Å²) in [5.41, 5.74) is 3.54. The van der Waals surface area contributed by atoms with E-state index in [9.17, 15) is 9.90 Å². The zero-order valence-corrected chi connectivity index (χ0v) is 24.5. The zero-order valence-electron chi connectivity index (χ0n) is 23.7. The molecule has 5 fully saturated rings. The maximum absolute atomic E-state index is 13.1. The molecular formula is C33H38N4O4S. The van der Waals surface area contributed by atoms with Crippen LogP contribution in [0.3, 0.4) is 0 Å². The van der Waals surface area contributed by atoms with Gasteiger partial charge in [0.15, 0.2) is 11.4 Å². The second-order valence-corrected chi connectivity index (χ2v) is 13.6. The summed E-state index contributed by atoms with van der Waals surface area (Å²) in [6.07, 6.45) is 10.8. The van der Waals surface area contributed by atoms with E-state index < -0.39 is 6.29 Å². The molecule has 3 N–H and O–H groups in total. The summed E-state index contributed by atoms with van der Waals surface area (Å²) >= 11 is 1.57. The molecule has 5 aliphatic rings. The standard InChI is InChI=1S/C33H38N4O4S/c38-19-21-2-4-25(5-3-21)29-15-28(20-42-32-34-10-1-11-35-32)40-30(41-29)26-6-8-27(9-7-26)36-31(39)37-33-16-22-12-23(17-33)14-24(13-22)18-33/h1-11,22-24,28-30,38H,12-20H2,(H2,36,37,39)/t22?,23?,24?,28-,29+,30+,33?/m1/s1. The van der Waals surface area contributed by atoms with E-state index in [0.717, 1.165) is 64.6 Å². The van der Waals surface area contributed by atoms with Crippen LogP contribution in [-0.4, -0.2) is 38.5 Å². The number of ether oxygens (including phenoxy) is 2. The fourth-order valence-electron chi connectivity index (χ4n) is 7.94. The van der Waals surface area contributed by atoms with Crippen LogP contribution in [0.5, 0.6) is 0 Å². The van der Waals surface area contributed by atoms with Crippen LogP contribution in [0.1, 0.15) is 74.0 Å². The fraction of sp³-hybridized carbons (Fsp3) is 0.485. The van der Waals surface area contributed by atoms with Gasteiger partial charge in [-0.3, -0.25) is 0 Å². The maximum atomic E-state index is 13.1. The van der Waals surface area contributed by atoms with Gasteiger partial charge in [-0.25, -0.2) is 14.8 Å². The molecule has 4 bridgehead atoms. The van der Waals surface area contributed by atoms with Crippen LogP contribution in [-0.2, 0) is 16.1 Å². The molecule has 9 heteroatoms. The molecule has 3 atom stereocenters. The van der Waals surface area contributed by atoms with Crippen LogP contribution < -0.4 is 10.6 Å². The monoisotopic (exact) mass is 586 g/mol. The molecule has 2 aromatic carbocycles. The lowest BCUT2D eigenvalue weighted by Crippen LogP contribution is -2.60. The normalized spacial score (nSPS) is 31.5. The number of aliphatic hydroxyl groups excluding tert-OH is 1. The Labute approximate surface area is 251 Å². The molecule has 8 nitrogen and oxygen atoms in total. The van der Waals surface area contributed by atoms with E-state index >= 15 is 0 Å². The number of nitrogens with one attached hydrogen (secondary N) is 2. The van der Waals surface area contributed by atoms with Crippen LogP contribution in [0.4, 0.5) is 10.5 Å². The Bertz CT molecular complexity index is 1340. The minimum atomic E-state index is -0.557. The van der Waals surface area contributed by atoms with Crippen molar-refractivity contribution < 1.29 is 19.4 Å². The van der Waals surface area contributed by atoms with Crippen molar-refractivity contribution in [3.63, 3.8) is 0 Å². The number of amides is 2. The Balaban J connectivity index is 1.02. The van der Waals surface area contributed by atoms with Gasteiger partial charge in [0, 0.05) is 41.4 Å². The molecule has 8 rings (SSSR count). The van der Waals surface area contributed by atoms with Crippen molar-refractivity contribution in [1.29, 1.82) is 0 Å². The highest BCUT2D eigenvalue weighted by atomic mass is 32.2. The second-order valence-electron chi connectivity index (χ2n) is 12.6. The van der Waals surface area contributed by atoms with Gasteiger partial charge < -0.3 is 25.2 Å². The van der Waals surface area contributed by atoms with E-state index in [4.69, 9.17) is 9.47 Å². The van der Waals surface area contributed by atoms with Crippen LogP contribution in [0.2, 0.25) is 0 Å². The van der Waals surface area contributed by atoms with Crippen molar-refractivity contribution in [2.45, 2.75) is 80.7 Å². The number of thioether (sulfide) groups is 1. The Morgan fingerprint density at radius 3 is 2.17 bits per heavy atom. The smallest absolute Gasteiger partial charge is 0.319 e. The first-order valence-electron chi connectivity index (χ1n) is 15.1. The Morgan fingerprint density at radius 1 is 0.881 bits per heavy atom. The molecule has 4 saturated carbocycles. The summed E-state index contributed by atoms with van der Waals surface area (Å²) in [4.78, 5) is 21.7. The van der Waals surface area contributed by atoms with Gasteiger partial charge in [-0.2, -0.15) is 0 Å². The predicted octanol–water partition coefficient (Wildman–Crippen LogP) is 6.40. The van der Waals surface area contributed by atoms with Crippen molar-refractivity contribution in [2.75, 3.05) is 11.1 Å². The van der Waals surface area contributed by atoms with Crippen LogP contribution in [0.15, 0.2) is 72.1 Å². The molecule has 0 unspecified atom stereocenters. The predicted molar refractivity (Wildman–Crippen MR) is 161 cm³/mol. The molecule has 4 aliphatic carbocycles. The Hall–Kier alpha value is -2.98. The number of aromatic nitrogens is 2. The van der Waals surface area contributed by atoms with Crippen molar-refractivity contribution in [1.82, 2.24) is 15.3 Å². The molecule has 1 aliphatic heterocycles. The summed E-state index contributed by atoms with van der Waals surface area (Å²) in [5, 5.41) is 16.6. The zero-order chi connectivity index (χ0) is 28.5. The van der Waals surface area contributed by atoms with Gasteiger partial charge in [0.1, 0.15) is 0 Å². The summed E-state index contributed by atoms with van der Waals surface area (Å²) in [7, 11) is 0. The molecule has 0 radical (unpaired) electrons. The maximum Gasteiger partial charge on any atom is 0.319 e. The van der Waals surface area contributed by atoms with E-state index in [-0.39, 0.29) is 30.4 Å². The number of hydrogen-bond donors (Lipinski definition) is 3. The SMILES string of the molecule is O=C(Nc1ccc([C@H]2O[C@@H](CSc3ncccn3)C[C@@H](c3ccc(CO)cc3)O2)cc1)NC12CC3CC(CC(C3)C1)C2. The van der Waals surface area contributed by atoms with Crippen molar-refractivity contribution in [3.8, 4) is 0 Å². The molecule has 1 aromatic heterocycles. The van der Waals surface area contributed by atoms with E-state index in [0.29, 0.717) is 12.2 Å². The third kappa shape index (κ3) is 6.20. The first-order valence-corrected chi connectivity index (χ1v) is 16.1. The average molecular weight is 587 g/mol. The quantitative estimate of drug-likeness (QED) is 0.207. The summed E-state index contributed by atoms with van der Waals surface area (Å²) in [6, 6.07) is 17.4. The van der Waals surface area contributed by atoms with Crippen LogP contribution in [0, 0.1) is 17.8 Å². The van der Waals surface area contributed by atoms with Gasteiger partial charge in [-0.15, -0.1) is 0 Å². The fourth-order valence-corrected chi connectivity index (χ4v) is 8.76. The number of aliphatic hydroxyl groups is 1. The van der Waals surface area contributed by atoms with Gasteiger partial charge in [0.25, 0.3) is 0 Å². The largest absolute Gasteiger partial charge is 0.392 e. The van der Waals surface area contributed by atoms with Gasteiger partial charge in [0.05, 0.1) is 18.8 Å². The van der Waals surface area contributed by atoms with E-state index in [1.165, 1.54) is 19.3 Å². The highest BCUT2D eigenvalue weighted by Gasteiger charge is 2.51. The summed E-state index contributed by atoms with van der Waals surface area (Å²) in [5.74, 6) is 3.04. The topological polar surface area (TPSA) is 106 Å². The Morgan fingerprint density at radius 2 is 1.52 bits per heavy atom. The first-order chi connectivity index (χ1) is 20.5. The van der Waals surface area contributed by atoms with Crippen LogP contribution in [0.25, 0.3) is 0 Å². The minimum absolute atomic E-state index is 0.00876. The molecule has 0 spiro atoms. The number of urea groups is 1. The molecule has 220 valence electrons. The lowest BCUT2D eigenvalue weighted by atomic mass is 9.53. The first kappa shape index (κ1) is 27.8. The molecular weight excluding hydrogens is 548 g/mol. The molecule has 2 heterocycles. The van der Waals surface area contributed by atoms with Crippen molar-refractivity contribution in [3.05, 3.63) is 83.7 Å². The van der Waals surface area contributed by atoms with Gasteiger partial charge in [-0.05, 0) is 85.6 Å². The lowest BCUT2D eigenvalue weighted by Gasteiger charge is -2.56. The summed E-state index contributed by atoms with van der Waals surface area (Å²) in [6.45, 7) is 0.00876. The lowest BCUT2D eigenvalue weighted by molar-refractivity contribution is -0.245. The van der Waals surface area contributed by atoms with E-state index in [1.807, 2.05) is 54.6 Å². The number of carbonyl (C=O) groups excluding carboxylic acids is 1. The number of carbonyl (C=O) groups is 1. The molecule has 2 amide bonds.